The van der Waals surface area contributed by atoms with Gasteiger partial charge in [-0.05, 0) is 48.4 Å². The first-order chi connectivity index (χ1) is 21.7. The van der Waals surface area contributed by atoms with Gasteiger partial charge in [-0.15, -0.1) is 0 Å². The number of carboxylic acid groups (broad SMARTS) is 4. The molecule has 3 rings (SSSR count). The number of aliphatic carboxylic acids is 4. The average molecular weight is 766 g/mol. The molecule has 0 spiro atoms. The number of halogens is 2. The Balaban J connectivity index is 1.88. The van der Waals surface area contributed by atoms with Crippen molar-refractivity contribution in [2.45, 2.75) is 32.6 Å². The minimum Gasteiger partial charge on any atom is -0.480 e. The Labute approximate surface area is 281 Å². The van der Waals surface area contributed by atoms with E-state index in [1.807, 2.05) is 36.4 Å². The van der Waals surface area contributed by atoms with Gasteiger partial charge in [-0.2, -0.15) is 0 Å². The fraction of sp³-hybridized carbons (Fsp3) is 0.333. The summed E-state index contributed by atoms with van der Waals surface area (Å²) in [5, 5.41) is 36.9. The van der Waals surface area contributed by atoms with Crippen molar-refractivity contribution in [3.8, 4) is 0 Å². The van der Waals surface area contributed by atoms with E-state index in [1.165, 1.54) is 9.80 Å². The van der Waals surface area contributed by atoms with E-state index in [9.17, 15) is 39.6 Å². The standard InChI is InChI=1S/C30H34Br2N6O8/c31-20-7-23(34-25(9-20)13-37(15-27(39)40)16-28(41)42)11-36(6-5-19-1-3-22(33)4-2-19)12-24-8-21(32)10-26(35-24)14-38(17-29(43)44)18-30(45)46/h1-4,7-10H,5-6,11-18,33H2,(H,39,40)(H,41,42)(H,43,44)(H,45,46). The van der Waals surface area contributed by atoms with Crippen LogP contribution in [-0.4, -0.2) is 102 Å². The molecule has 2 aromatic heterocycles. The zero-order valence-corrected chi connectivity index (χ0v) is 27.9. The SMILES string of the molecule is Nc1ccc(CCN(Cc2cc(Br)cc(CN(CC(=O)O)CC(=O)O)n2)Cc2cc(Br)cc(CN(CC(=O)O)CC(=O)O)n2)cc1. The van der Waals surface area contributed by atoms with Crippen molar-refractivity contribution in [1.29, 1.82) is 0 Å². The third-order valence-electron chi connectivity index (χ3n) is 6.47. The molecular formula is C30H34Br2N6O8. The highest BCUT2D eigenvalue weighted by Gasteiger charge is 2.18. The molecular weight excluding hydrogens is 732 g/mol. The Morgan fingerprint density at radius 3 is 1.24 bits per heavy atom. The van der Waals surface area contributed by atoms with E-state index in [1.54, 1.807) is 12.1 Å². The van der Waals surface area contributed by atoms with Gasteiger partial charge in [0.1, 0.15) is 0 Å². The summed E-state index contributed by atoms with van der Waals surface area (Å²) in [6, 6.07) is 14.6. The predicted molar refractivity (Wildman–Crippen MR) is 174 cm³/mol. The van der Waals surface area contributed by atoms with Crippen molar-refractivity contribution in [3.05, 3.63) is 85.8 Å². The second-order valence-electron chi connectivity index (χ2n) is 10.6. The maximum Gasteiger partial charge on any atom is 0.317 e. The molecule has 0 aliphatic heterocycles. The van der Waals surface area contributed by atoms with Gasteiger partial charge in [0.2, 0.25) is 0 Å². The third kappa shape index (κ3) is 13.6. The van der Waals surface area contributed by atoms with Gasteiger partial charge in [0, 0.05) is 47.4 Å². The molecule has 16 heteroatoms. The van der Waals surface area contributed by atoms with Crippen LogP contribution in [0.15, 0.2) is 57.5 Å². The monoisotopic (exact) mass is 764 g/mol. The lowest BCUT2D eigenvalue weighted by atomic mass is 10.1. The van der Waals surface area contributed by atoms with E-state index in [2.05, 4.69) is 36.8 Å². The lowest BCUT2D eigenvalue weighted by molar-refractivity contribution is -0.144. The van der Waals surface area contributed by atoms with Crippen LogP contribution in [-0.2, 0) is 51.8 Å². The molecule has 0 amide bonds. The van der Waals surface area contributed by atoms with Crippen molar-refractivity contribution in [2.24, 2.45) is 0 Å². The molecule has 0 saturated heterocycles. The first-order valence-corrected chi connectivity index (χ1v) is 15.5. The summed E-state index contributed by atoms with van der Waals surface area (Å²) in [5.74, 6) is -4.61. The number of pyridine rings is 2. The molecule has 0 aliphatic rings. The first-order valence-electron chi connectivity index (χ1n) is 13.9. The zero-order valence-electron chi connectivity index (χ0n) is 24.7. The fourth-order valence-electron chi connectivity index (χ4n) is 4.74. The molecule has 0 bridgehead atoms. The van der Waals surface area contributed by atoms with Gasteiger partial charge < -0.3 is 26.2 Å². The number of benzene rings is 1. The summed E-state index contributed by atoms with van der Waals surface area (Å²) < 4.78 is 1.38. The summed E-state index contributed by atoms with van der Waals surface area (Å²) in [6.07, 6.45) is 0.665. The van der Waals surface area contributed by atoms with Crippen LogP contribution in [0.25, 0.3) is 0 Å². The van der Waals surface area contributed by atoms with Crippen LogP contribution in [0.4, 0.5) is 5.69 Å². The van der Waals surface area contributed by atoms with Crippen LogP contribution < -0.4 is 5.73 Å². The number of anilines is 1. The van der Waals surface area contributed by atoms with Gasteiger partial charge in [0.05, 0.1) is 49.0 Å². The summed E-state index contributed by atoms with van der Waals surface area (Å²) >= 11 is 6.98. The number of carbonyl (C=O) groups is 4. The number of rotatable bonds is 19. The maximum absolute atomic E-state index is 11.3. The second-order valence-corrected chi connectivity index (χ2v) is 12.4. The highest BCUT2D eigenvalue weighted by Crippen LogP contribution is 2.20. The first kappa shape index (κ1) is 36.5. The van der Waals surface area contributed by atoms with Crippen molar-refractivity contribution < 1.29 is 39.6 Å². The molecule has 3 aromatic rings. The van der Waals surface area contributed by atoms with Gasteiger partial charge in [-0.3, -0.25) is 43.8 Å². The van der Waals surface area contributed by atoms with E-state index in [0.29, 0.717) is 63.5 Å². The molecule has 0 aliphatic carbocycles. The Bertz CT molecular complexity index is 1420. The molecule has 2 heterocycles. The van der Waals surface area contributed by atoms with Crippen LogP contribution in [0.2, 0.25) is 0 Å². The average Bonchev–Trinajstić information content (AvgIpc) is 2.90. The van der Waals surface area contributed by atoms with Gasteiger partial charge >= 0.3 is 23.9 Å². The highest BCUT2D eigenvalue weighted by atomic mass is 79.9. The Hall–Kier alpha value is -3.96. The summed E-state index contributed by atoms with van der Waals surface area (Å²) in [6.45, 7) is -0.543. The van der Waals surface area contributed by atoms with Crippen molar-refractivity contribution in [2.75, 3.05) is 38.5 Å². The molecule has 0 fully saturated rings. The number of nitrogens with two attached hydrogens (primary N) is 1. The Morgan fingerprint density at radius 2 is 0.913 bits per heavy atom. The minimum atomic E-state index is -1.15. The van der Waals surface area contributed by atoms with Crippen LogP contribution in [0.5, 0.6) is 0 Å². The van der Waals surface area contributed by atoms with E-state index in [-0.39, 0.29) is 13.1 Å². The Morgan fingerprint density at radius 1 is 0.587 bits per heavy atom. The molecule has 1 aromatic carbocycles. The topological polar surface area (TPSA) is 211 Å². The predicted octanol–water partition coefficient (Wildman–Crippen LogP) is 2.77. The second kappa shape index (κ2) is 17.7. The smallest absolute Gasteiger partial charge is 0.317 e. The Kier molecular flexibility index (Phi) is 14.0. The largest absolute Gasteiger partial charge is 0.480 e. The van der Waals surface area contributed by atoms with Gasteiger partial charge in [0.25, 0.3) is 0 Å². The van der Waals surface area contributed by atoms with E-state index < -0.39 is 50.1 Å². The van der Waals surface area contributed by atoms with Crippen LogP contribution >= 0.6 is 31.9 Å². The summed E-state index contributed by atoms with van der Waals surface area (Å²) in [4.78, 5) is 59.3. The van der Waals surface area contributed by atoms with Crippen LogP contribution in [0.1, 0.15) is 28.3 Å². The molecule has 6 N–H and O–H groups in total. The van der Waals surface area contributed by atoms with Gasteiger partial charge in [-0.1, -0.05) is 44.0 Å². The number of aromatic nitrogens is 2. The van der Waals surface area contributed by atoms with Crippen LogP contribution in [0, 0.1) is 0 Å². The molecule has 0 atom stereocenters. The fourth-order valence-corrected chi connectivity index (χ4v) is 5.80. The number of carboxylic acids is 4. The van der Waals surface area contributed by atoms with Gasteiger partial charge in [-0.25, -0.2) is 0 Å². The molecule has 246 valence electrons. The normalized spacial score (nSPS) is 11.3. The van der Waals surface area contributed by atoms with Gasteiger partial charge in [0.15, 0.2) is 0 Å². The third-order valence-corrected chi connectivity index (χ3v) is 7.38. The lowest BCUT2D eigenvalue weighted by Gasteiger charge is -2.24. The van der Waals surface area contributed by atoms with Crippen molar-refractivity contribution >= 4 is 61.4 Å². The van der Waals surface area contributed by atoms with E-state index >= 15 is 0 Å². The number of hydrogen-bond acceptors (Lipinski definition) is 10. The van der Waals surface area contributed by atoms with E-state index in [4.69, 9.17) is 15.7 Å². The molecule has 14 nitrogen and oxygen atoms in total. The number of nitrogen functional groups attached to an aromatic ring is 1. The zero-order chi connectivity index (χ0) is 33.8. The maximum atomic E-state index is 11.3. The van der Waals surface area contributed by atoms with Crippen LogP contribution in [0.3, 0.4) is 0 Å². The molecule has 0 unspecified atom stereocenters. The highest BCUT2D eigenvalue weighted by molar-refractivity contribution is 9.10. The molecule has 46 heavy (non-hydrogen) atoms. The molecule has 0 saturated carbocycles. The quantitative estimate of drug-likeness (QED) is 0.111. The number of nitrogens with zero attached hydrogens (tertiary/aromatic N) is 5. The van der Waals surface area contributed by atoms with Crippen molar-refractivity contribution in [3.63, 3.8) is 0 Å². The summed E-state index contributed by atoms with van der Waals surface area (Å²) in [5.41, 5.74) is 9.83. The minimum absolute atomic E-state index is 0.0101. The van der Waals surface area contributed by atoms with Crippen molar-refractivity contribution in [1.82, 2.24) is 24.7 Å². The number of hydrogen-bond donors (Lipinski definition) is 5. The van der Waals surface area contributed by atoms with E-state index in [0.717, 1.165) is 5.56 Å². The molecule has 0 radical (unpaired) electrons. The lowest BCUT2D eigenvalue weighted by Crippen LogP contribution is -2.34. The summed E-state index contributed by atoms with van der Waals surface area (Å²) in [7, 11) is 0.